The molecule has 0 atom stereocenters. The standard InChI is InChI=1S/C16H23N3OS/c1-16(2,3)15-18-14(12-21-15)11-19(7-8-20)10-13-5-4-6-17-9-13/h4-6,9,12,20H,7-8,10-11H2,1-3H3. The van der Waals surface area contributed by atoms with E-state index < -0.39 is 0 Å². The summed E-state index contributed by atoms with van der Waals surface area (Å²) < 4.78 is 0. The van der Waals surface area contributed by atoms with E-state index in [1.165, 1.54) is 0 Å². The van der Waals surface area contributed by atoms with Crippen molar-refractivity contribution in [3.63, 3.8) is 0 Å². The van der Waals surface area contributed by atoms with Crippen LogP contribution in [0.5, 0.6) is 0 Å². The zero-order chi connectivity index (χ0) is 15.3. The fourth-order valence-corrected chi connectivity index (χ4v) is 2.96. The van der Waals surface area contributed by atoms with Crippen LogP contribution in [0.3, 0.4) is 0 Å². The molecule has 2 aromatic rings. The molecule has 2 aromatic heterocycles. The fraction of sp³-hybridized carbons (Fsp3) is 0.500. The smallest absolute Gasteiger partial charge is 0.0982 e. The van der Waals surface area contributed by atoms with E-state index in [4.69, 9.17) is 4.98 Å². The van der Waals surface area contributed by atoms with E-state index in [1.54, 1.807) is 17.5 Å². The maximum Gasteiger partial charge on any atom is 0.0982 e. The number of rotatable bonds is 6. The number of aromatic nitrogens is 2. The van der Waals surface area contributed by atoms with E-state index in [9.17, 15) is 5.11 Å². The minimum absolute atomic E-state index is 0.0913. The Morgan fingerprint density at radius 3 is 2.67 bits per heavy atom. The van der Waals surface area contributed by atoms with Gasteiger partial charge in [-0.2, -0.15) is 0 Å². The maximum atomic E-state index is 9.25. The molecular weight excluding hydrogens is 282 g/mol. The third-order valence-corrected chi connectivity index (χ3v) is 4.44. The molecule has 21 heavy (non-hydrogen) atoms. The zero-order valence-corrected chi connectivity index (χ0v) is 13.7. The lowest BCUT2D eigenvalue weighted by molar-refractivity contribution is 0.183. The molecule has 5 heteroatoms. The van der Waals surface area contributed by atoms with Gasteiger partial charge in [-0.1, -0.05) is 26.8 Å². The first kappa shape index (κ1) is 16.1. The van der Waals surface area contributed by atoms with E-state index in [0.717, 1.165) is 29.4 Å². The van der Waals surface area contributed by atoms with Gasteiger partial charge in [-0.15, -0.1) is 11.3 Å². The third-order valence-electron chi connectivity index (χ3n) is 3.12. The summed E-state index contributed by atoms with van der Waals surface area (Å²) in [5.41, 5.74) is 2.31. The van der Waals surface area contributed by atoms with Crippen LogP contribution in [0.25, 0.3) is 0 Å². The first-order chi connectivity index (χ1) is 9.99. The summed E-state index contributed by atoms with van der Waals surface area (Å²) in [6.07, 6.45) is 3.64. The van der Waals surface area contributed by atoms with Gasteiger partial charge >= 0.3 is 0 Å². The number of aliphatic hydroxyl groups excluding tert-OH is 1. The third kappa shape index (κ3) is 4.88. The Labute approximate surface area is 130 Å². The van der Waals surface area contributed by atoms with Crippen molar-refractivity contribution in [3.8, 4) is 0 Å². The molecule has 0 saturated carbocycles. The van der Waals surface area contributed by atoms with Crippen LogP contribution in [0, 0.1) is 0 Å². The van der Waals surface area contributed by atoms with Crippen molar-refractivity contribution in [3.05, 3.63) is 46.2 Å². The SMILES string of the molecule is CC(C)(C)c1nc(CN(CCO)Cc2cccnc2)cs1. The van der Waals surface area contributed by atoms with Crippen LogP contribution >= 0.6 is 11.3 Å². The zero-order valence-electron chi connectivity index (χ0n) is 12.9. The second-order valence-electron chi connectivity index (χ2n) is 6.19. The highest BCUT2D eigenvalue weighted by atomic mass is 32.1. The number of thiazole rings is 1. The molecule has 0 aliphatic carbocycles. The van der Waals surface area contributed by atoms with Crippen LogP contribution in [0.1, 0.15) is 37.0 Å². The lowest BCUT2D eigenvalue weighted by atomic mass is 9.98. The molecule has 2 rings (SSSR count). The lowest BCUT2D eigenvalue weighted by Crippen LogP contribution is -2.26. The number of pyridine rings is 1. The minimum Gasteiger partial charge on any atom is -0.395 e. The van der Waals surface area contributed by atoms with Gasteiger partial charge in [-0.3, -0.25) is 9.88 Å². The second kappa shape index (κ2) is 7.11. The van der Waals surface area contributed by atoms with Gasteiger partial charge in [0.2, 0.25) is 0 Å². The Hall–Kier alpha value is -1.30. The summed E-state index contributed by atoms with van der Waals surface area (Å²) >= 11 is 1.71. The number of aliphatic hydroxyl groups is 1. The van der Waals surface area contributed by atoms with Gasteiger partial charge in [-0.25, -0.2) is 4.98 Å². The molecule has 0 aliphatic rings. The molecule has 114 valence electrons. The molecule has 0 spiro atoms. The van der Waals surface area contributed by atoms with E-state index in [1.807, 2.05) is 12.3 Å². The van der Waals surface area contributed by atoms with Gasteiger partial charge in [0.25, 0.3) is 0 Å². The Bertz CT molecular complexity index is 548. The Morgan fingerprint density at radius 1 is 1.29 bits per heavy atom. The monoisotopic (exact) mass is 305 g/mol. The predicted molar refractivity (Wildman–Crippen MR) is 86.3 cm³/mol. The van der Waals surface area contributed by atoms with Crippen molar-refractivity contribution in [1.82, 2.24) is 14.9 Å². The van der Waals surface area contributed by atoms with E-state index in [0.29, 0.717) is 6.54 Å². The first-order valence-electron chi connectivity index (χ1n) is 7.16. The second-order valence-corrected chi connectivity index (χ2v) is 7.05. The van der Waals surface area contributed by atoms with Crippen LogP contribution in [0.15, 0.2) is 29.9 Å². The van der Waals surface area contributed by atoms with Crippen molar-refractivity contribution in [2.75, 3.05) is 13.2 Å². The molecule has 4 nitrogen and oxygen atoms in total. The van der Waals surface area contributed by atoms with E-state index in [2.05, 4.69) is 42.1 Å². The Kier molecular flexibility index (Phi) is 5.45. The minimum atomic E-state index is 0.0913. The van der Waals surface area contributed by atoms with Crippen LogP contribution in [0.4, 0.5) is 0 Å². The van der Waals surface area contributed by atoms with E-state index >= 15 is 0 Å². The predicted octanol–water partition coefficient (Wildman–Crippen LogP) is 2.83. The largest absolute Gasteiger partial charge is 0.395 e. The van der Waals surface area contributed by atoms with Crippen molar-refractivity contribution in [1.29, 1.82) is 0 Å². The molecule has 0 aromatic carbocycles. The molecule has 0 bridgehead atoms. The number of nitrogens with zero attached hydrogens (tertiary/aromatic N) is 3. The highest BCUT2D eigenvalue weighted by Crippen LogP contribution is 2.26. The molecule has 0 saturated heterocycles. The fourth-order valence-electron chi connectivity index (χ4n) is 2.06. The van der Waals surface area contributed by atoms with Crippen molar-refractivity contribution >= 4 is 11.3 Å². The van der Waals surface area contributed by atoms with Gasteiger partial charge in [0, 0.05) is 42.8 Å². The van der Waals surface area contributed by atoms with Gasteiger partial charge in [0.1, 0.15) is 0 Å². The van der Waals surface area contributed by atoms with Crippen LogP contribution in [-0.4, -0.2) is 33.1 Å². The van der Waals surface area contributed by atoms with Gasteiger partial charge < -0.3 is 5.11 Å². The molecule has 0 radical (unpaired) electrons. The first-order valence-corrected chi connectivity index (χ1v) is 8.04. The van der Waals surface area contributed by atoms with Crippen LogP contribution < -0.4 is 0 Å². The molecule has 0 unspecified atom stereocenters. The normalized spacial score (nSPS) is 12.0. The highest BCUT2D eigenvalue weighted by Gasteiger charge is 2.18. The molecule has 1 N–H and O–H groups in total. The van der Waals surface area contributed by atoms with Crippen molar-refractivity contribution < 1.29 is 5.11 Å². The lowest BCUT2D eigenvalue weighted by Gasteiger charge is -2.20. The van der Waals surface area contributed by atoms with Gasteiger partial charge in [0.15, 0.2) is 0 Å². The Morgan fingerprint density at radius 2 is 2.10 bits per heavy atom. The van der Waals surface area contributed by atoms with Crippen molar-refractivity contribution in [2.24, 2.45) is 0 Å². The average molecular weight is 305 g/mol. The molecule has 0 amide bonds. The summed E-state index contributed by atoms with van der Waals surface area (Å²) in [6, 6.07) is 3.99. The van der Waals surface area contributed by atoms with Crippen LogP contribution in [-0.2, 0) is 18.5 Å². The summed E-state index contributed by atoms with van der Waals surface area (Å²) in [5, 5.41) is 12.5. The quantitative estimate of drug-likeness (QED) is 0.891. The molecular formula is C16H23N3OS. The Balaban J connectivity index is 2.04. The number of hydrogen-bond acceptors (Lipinski definition) is 5. The summed E-state index contributed by atoms with van der Waals surface area (Å²) in [6.45, 7) is 8.84. The molecule has 2 heterocycles. The summed E-state index contributed by atoms with van der Waals surface area (Å²) in [4.78, 5) is 11.1. The average Bonchev–Trinajstić information content (AvgIpc) is 2.89. The topological polar surface area (TPSA) is 49.2 Å². The van der Waals surface area contributed by atoms with Gasteiger partial charge in [-0.05, 0) is 11.6 Å². The van der Waals surface area contributed by atoms with Gasteiger partial charge in [0.05, 0.1) is 17.3 Å². The molecule has 0 aliphatic heterocycles. The maximum absolute atomic E-state index is 9.25. The summed E-state index contributed by atoms with van der Waals surface area (Å²) in [5.74, 6) is 0. The number of hydrogen-bond donors (Lipinski definition) is 1. The van der Waals surface area contributed by atoms with Crippen molar-refractivity contribution in [2.45, 2.75) is 39.3 Å². The van der Waals surface area contributed by atoms with Crippen LogP contribution in [0.2, 0.25) is 0 Å². The van der Waals surface area contributed by atoms with E-state index in [-0.39, 0.29) is 12.0 Å². The summed E-state index contributed by atoms with van der Waals surface area (Å²) in [7, 11) is 0. The highest BCUT2D eigenvalue weighted by molar-refractivity contribution is 7.09. The molecule has 0 fully saturated rings.